The van der Waals surface area contributed by atoms with E-state index in [0.29, 0.717) is 24.5 Å². The predicted molar refractivity (Wildman–Crippen MR) is 121 cm³/mol. The van der Waals surface area contributed by atoms with E-state index in [1.165, 1.54) is 29.5 Å². The molecule has 1 aliphatic heterocycles. The zero-order valence-electron chi connectivity index (χ0n) is 17.9. The van der Waals surface area contributed by atoms with Crippen LogP contribution >= 0.6 is 0 Å². The number of likely N-dealkylation sites (tertiary alicyclic amines) is 1. The van der Waals surface area contributed by atoms with Crippen LogP contribution in [0.3, 0.4) is 0 Å². The Labute approximate surface area is 182 Å². The maximum Gasteiger partial charge on any atom is 0.256 e. The van der Waals surface area contributed by atoms with Gasteiger partial charge in [0.05, 0.1) is 17.0 Å². The van der Waals surface area contributed by atoms with Crippen molar-refractivity contribution in [2.45, 2.75) is 45.4 Å². The molecular formula is C25H28N4O2. The highest BCUT2D eigenvalue weighted by Gasteiger charge is 2.30. The summed E-state index contributed by atoms with van der Waals surface area (Å²) in [6, 6.07) is 11.6. The first-order valence-electron chi connectivity index (χ1n) is 11.3. The molecule has 0 spiro atoms. The smallest absolute Gasteiger partial charge is 0.256 e. The van der Waals surface area contributed by atoms with Crippen LogP contribution in [0.5, 0.6) is 0 Å². The summed E-state index contributed by atoms with van der Waals surface area (Å²) in [6.45, 7) is 3.02. The SMILES string of the molecule is Cc1cccc(NC(=O)C2CCCN(C(=O)c3cccc4c5c([nH]c34)CCCC5)C2)n1. The molecule has 6 heteroatoms. The zero-order chi connectivity index (χ0) is 21.4. The molecule has 2 N–H and O–H groups in total. The molecule has 1 fully saturated rings. The molecule has 1 unspecified atom stereocenters. The quantitative estimate of drug-likeness (QED) is 0.670. The number of hydrogen-bond donors (Lipinski definition) is 2. The molecule has 1 saturated heterocycles. The van der Waals surface area contributed by atoms with Gasteiger partial charge in [-0.15, -0.1) is 0 Å². The van der Waals surface area contributed by atoms with E-state index in [1.54, 1.807) is 6.07 Å². The number of piperidine rings is 1. The largest absolute Gasteiger partial charge is 0.358 e. The summed E-state index contributed by atoms with van der Waals surface area (Å²) < 4.78 is 0. The van der Waals surface area contributed by atoms with Crippen LogP contribution in [0.25, 0.3) is 10.9 Å². The van der Waals surface area contributed by atoms with Crippen molar-refractivity contribution in [3.63, 3.8) is 0 Å². The first-order chi connectivity index (χ1) is 15.1. The molecule has 2 aliphatic rings. The van der Waals surface area contributed by atoms with Gasteiger partial charge in [0.15, 0.2) is 0 Å². The number of amides is 2. The number of para-hydroxylation sites is 1. The molecule has 31 heavy (non-hydrogen) atoms. The van der Waals surface area contributed by atoms with E-state index >= 15 is 0 Å². The monoisotopic (exact) mass is 416 g/mol. The number of carbonyl (C=O) groups excluding carboxylic acids is 2. The van der Waals surface area contributed by atoms with E-state index in [1.807, 2.05) is 36.1 Å². The van der Waals surface area contributed by atoms with Crippen LogP contribution < -0.4 is 5.32 Å². The average Bonchev–Trinajstić information content (AvgIpc) is 3.17. The summed E-state index contributed by atoms with van der Waals surface area (Å²) in [5, 5.41) is 4.10. The van der Waals surface area contributed by atoms with Crippen molar-refractivity contribution < 1.29 is 9.59 Å². The maximum atomic E-state index is 13.5. The molecular weight excluding hydrogens is 388 g/mol. The molecule has 3 aromatic rings. The van der Waals surface area contributed by atoms with Gasteiger partial charge in [0, 0.05) is 29.9 Å². The fraction of sp³-hybridized carbons (Fsp3) is 0.400. The summed E-state index contributed by atoms with van der Waals surface area (Å²) in [4.78, 5) is 36.0. The van der Waals surface area contributed by atoms with Crippen LogP contribution in [0.2, 0.25) is 0 Å². The molecule has 5 rings (SSSR count). The van der Waals surface area contributed by atoms with Crippen molar-refractivity contribution in [2.24, 2.45) is 5.92 Å². The fourth-order valence-electron chi connectivity index (χ4n) is 4.99. The Bertz CT molecular complexity index is 1150. The molecule has 3 heterocycles. The number of aryl methyl sites for hydroxylation is 3. The molecule has 1 atom stereocenters. The standard InChI is InChI=1S/C25H28N4O2/c1-16-7-4-13-22(26-16)28-24(30)17-8-6-14-29(15-17)25(31)20-11-5-10-19-18-9-2-3-12-21(18)27-23(19)20/h4-5,7,10-11,13,17,27H,2-3,6,8-9,12,14-15H2,1H3,(H,26,28,30). The van der Waals surface area contributed by atoms with Crippen molar-refractivity contribution in [1.82, 2.24) is 14.9 Å². The Morgan fingerprint density at radius 2 is 1.94 bits per heavy atom. The number of nitrogens with one attached hydrogen (secondary N) is 2. The number of fused-ring (bicyclic) bond motifs is 3. The number of rotatable bonds is 3. The summed E-state index contributed by atoms with van der Waals surface area (Å²) in [5.41, 5.74) is 5.18. The van der Waals surface area contributed by atoms with Gasteiger partial charge in [0.25, 0.3) is 5.91 Å². The molecule has 1 aliphatic carbocycles. The van der Waals surface area contributed by atoms with Crippen LogP contribution in [-0.2, 0) is 17.6 Å². The number of H-pyrrole nitrogens is 1. The second-order valence-corrected chi connectivity index (χ2v) is 8.76. The topological polar surface area (TPSA) is 78.1 Å². The Morgan fingerprint density at radius 1 is 1.10 bits per heavy atom. The van der Waals surface area contributed by atoms with Crippen molar-refractivity contribution in [2.75, 3.05) is 18.4 Å². The normalized spacial score (nSPS) is 18.6. The third-order valence-electron chi connectivity index (χ3n) is 6.58. The van der Waals surface area contributed by atoms with Crippen molar-refractivity contribution in [3.8, 4) is 0 Å². The molecule has 1 aromatic carbocycles. The van der Waals surface area contributed by atoms with Gasteiger partial charge in [-0.25, -0.2) is 4.98 Å². The van der Waals surface area contributed by atoms with Crippen LogP contribution in [0, 0.1) is 12.8 Å². The zero-order valence-corrected chi connectivity index (χ0v) is 17.9. The number of nitrogens with zero attached hydrogens (tertiary/aromatic N) is 2. The van der Waals surface area contributed by atoms with Crippen molar-refractivity contribution in [3.05, 3.63) is 58.9 Å². The van der Waals surface area contributed by atoms with Gasteiger partial charge in [-0.1, -0.05) is 18.2 Å². The summed E-state index contributed by atoms with van der Waals surface area (Å²) in [7, 11) is 0. The number of anilines is 1. The number of pyridine rings is 1. The van der Waals surface area contributed by atoms with E-state index in [0.717, 1.165) is 36.9 Å². The number of hydrogen-bond acceptors (Lipinski definition) is 3. The van der Waals surface area contributed by atoms with Crippen LogP contribution in [0.1, 0.15) is 53.0 Å². The first kappa shape index (κ1) is 19.8. The summed E-state index contributed by atoms with van der Waals surface area (Å²) in [6.07, 6.45) is 6.13. The minimum atomic E-state index is -0.226. The Morgan fingerprint density at radius 3 is 2.81 bits per heavy atom. The molecule has 0 radical (unpaired) electrons. The van der Waals surface area contributed by atoms with Gasteiger partial charge < -0.3 is 15.2 Å². The summed E-state index contributed by atoms with van der Waals surface area (Å²) >= 11 is 0. The third kappa shape index (κ3) is 3.82. The maximum absolute atomic E-state index is 13.5. The molecule has 6 nitrogen and oxygen atoms in total. The minimum absolute atomic E-state index is 0.00961. The van der Waals surface area contributed by atoms with Gasteiger partial charge in [-0.2, -0.15) is 0 Å². The highest BCUT2D eigenvalue weighted by atomic mass is 16.2. The highest BCUT2D eigenvalue weighted by Crippen LogP contribution is 2.32. The minimum Gasteiger partial charge on any atom is -0.358 e. The Hall–Kier alpha value is -3.15. The highest BCUT2D eigenvalue weighted by molar-refractivity contribution is 6.07. The lowest BCUT2D eigenvalue weighted by Gasteiger charge is -2.32. The Balaban J connectivity index is 1.35. The average molecular weight is 417 g/mol. The number of aromatic nitrogens is 2. The van der Waals surface area contributed by atoms with Gasteiger partial charge in [-0.05, 0) is 69.2 Å². The van der Waals surface area contributed by atoms with Gasteiger partial charge in [-0.3, -0.25) is 9.59 Å². The second-order valence-electron chi connectivity index (χ2n) is 8.76. The first-order valence-corrected chi connectivity index (χ1v) is 11.3. The van der Waals surface area contributed by atoms with Crippen LogP contribution in [0.15, 0.2) is 36.4 Å². The third-order valence-corrected chi connectivity index (χ3v) is 6.58. The van der Waals surface area contributed by atoms with Crippen molar-refractivity contribution in [1.29, 1.82) is 0 Å². The van der Waals surface area contributed by atoms with E-state index in [-0.39, 0.29) is 17.7 Å². The van der Waals surface area contributed by atoms with Crippen LogP contribution in [0.4, 0.5) is 5.82 Å². The molecule has 0 saturated carbocycles. The fourth-order valence-corrected chi connectivity index (χ4v) is 4.99. The van der Waals surface area contributed by atoms with E-state index < -0.39 is 0 Å². The number of benzene rings is 1. The lowest BCUT2D eigenvalue weighted by Crippen LogP contribution is -2.43. The van der Waals surface area contributed by atoms with E-state index in [9.17, 15) is 9.59 Å². The van der Waals surface area contributed by atoms with Gasteiger partial charge in [0.1, 0.15) is 5.82 Å². The lowest BCUT2D eigenvalue weighted by molar-refractivity contribution is -0.121. The van der Waals surface area contributed by atoms with Gasteiger partial charge >= 0.3 is 0 Å². The van der Waals surface area contributed by atoms with E-state index in [4.69, 9.17) is 0 Å². The molecule has 0 bridgehead atoms. The molecule has 2 aromatic heterocycles. The molecule has 160 valence electrons. The Kier molecular flexibility index (Phi) is 5.22. The predicted octanol–water partition coefficient (Wildman–Crippen LogP) is 4.24. The summed E-state index contributed by atoms with van der Waals surface area (Å²) in [5.74, 6) is 0.283. The molecule has 2 amide bonds. The van der Waals surface area contributed by atoms with E-state index in [2.05, 4.69) is 21.4 Å². The number of carbonyl (C=O) groups is 2. The lowest BCUT2D eigenvalue weighted by atomic mass is 9.94. The van der Waals surface area contributed by atoms with Gasteiger partial charge in [0.2, 0.25) is 5.91 Å². The second kappa shape index (κ2) is 8.17. The van der Waals surface area contributed by atoms with Crippen LogP contribution in [-0.4, -0.2) is 39.8 Å². The van der Waals surface area contributed by atoms with Crippen molar-refractivity contribution >= 4 is 28.5 Å². The number of aromatic amines is 1.